The molecule has 4 heterocycles. The van der Waals surface area contributed by atoms with E-state index in [4.69, 9.17) is 14.4 Å². The molecule has 9 rings (SSSR count). The van der Waals surface area contributed by atoms with Crippen molar-refractivity contribution in [3.63, 3.8) is 0 Å². The fraction of sp³-hybridized carbons (Fsp3) is 0. The van der Waals surface area contributed by atoms with Crippen molar-refractivity contribution in [3.05, 3.63) is 122 Å². The predicted molar refractivity (Wildman–Crippen MR) is 158 cm³/mol. The van der Waals surface area contributed by atoms with E-state index in [2.05, 4.69) is 87.8 Å². The third-order valence-electron chi connectivity index (χ3n) is 7.81. The number of hydrogen-bond donors (Lipinski definition) is 0. The highest BCUT2D eigenvalue weighted by molar-refractivity contribution is 6.08. The van der Waals surface area contributed by atoms with Gasteiger partial charge in [0.1, 0.15) is 34.2 Å². The minimum absolute atomic E-state index is 0.900. The van der Waals surface area contributed by atoms with Crippen molar-refractivity contribution in [2.24, 2.45) is 0 Å². The lowest BCUT2D eigenvalue weighted by Gasteiger charge is -2.12. The van der Waals surface area contributed by atoms with Crippen LogP contribution in [0.5, 0.6) is 0 Å². The second kappa shape index (κ2) is 7.55. The van der Waals surface area contributed by atoms with Gasteiger partial charge in [0.25, 0.3) is 0 Å². The number of benzene rings is 5. The van der Waals surface area contributed by atoms with Crippen LogP contribution in [0.2, 0.25) is 0 Å². The number of imidazole rings is 2. The molecule has 0 spiro atoms. The maximum absolute atomic E-state index is 6.10. The molecule has 0 aliphatic heterocycles. The minimum atomic E-state index is 0.900. The zero-order chi connectivity index (χ0) is 25.5. The van der Waals surface area contributed by atoms with Crippen LogP contribution in [0.3, 0.4) is 0 Å². The standard InChI is InChI=1S/C34H20N4O/c1-2-8-24-21(7-1)17-23(19-26(24)22-12-15-31-27(18-22)25-9-3-4-10-30(25)39-31)38-20-35-33-28(38)13-14-29-34(33)36-32-11-5-6-16-37(29)32/h1-20H. The van der Waals surface area contributed by atoms with Gasteiger partial charge in [-0.3, -0.25) is 8.97 Å². The van der Waals surface area contributed by atoms with Crippen LogP contribution in [0.4, 0.5) is 0 Å². The Bertz CT molecular complexity index is 2410. The van der Waals surface area contributed by atoms with E-state index in [0.29, 0.717) is 0 Å². The Balaban J connectivity index is 1.29. The lowest BCUT2D eigenvalue weighted by atomic mass is 9.96. The zero-order valence-electron chi connectivity index (χ0n) is 20.7. The number of para-hydroxylation sites is 1. The van der Waals surface area contributed by atoms with Crippen LogP contribution in [0.1, 0.15) is 0 Å². The van der Waals surface area contributed by atoms with E-state index < -0.39 is 0 Å². The zero-order valence-corrected chi connectivity index (χ0v) is 20.7. The summed E-state index contributed by atoms with van der Waals surface area (Å²) in [5.74, 6) is 0. The molecule has 0 saturated heterocycles. The number of furan rings is 1. The van der Waals surface area contributed by atoms with Crippen LogP contribution in [0.25, 0.3) is 77.2 Å². The normalized spacial score (nSPS) is 12.1. The second-order valence-corrected chi connectivity index (χ2v) is 9.98. The fourth-order valence-electron chi connectivity index (χ4n) is 5.98. The quantitative estimate of drug-likeness (QED) is 0.239. The van der Waals surface area contributed by atoms with Crippen LogP contribution in [0, 0.1) is 0 Å². The van der Waals surface area contributed by atoms with Crippen LogP contribution < -0.4 is 0 Å². The molecular weight excluding hydrogens is 480 g/mol. The number of nitrogens with zero attached hydrogens (tertiary/aromatic N) is 4. The number of hydrogen-bond acceptors (Lipinski definition) is 3. The van der Waals surface area contributed by atoms with Crippen molar-refractivity contribution in [3.8, 4) is 16.8 Å². The molecule has 182 valence electrons. The van der Waals surface area contributed by atoms with E-state index in [0.717, 1.165) is 60.9 Å². The molecule has 0 amide bonds. The Morgan fingerprint density at radius 1 is 0.615 bits per heavy atom. The van der Waals surface area contributed by atoms with Gasteiger partial charge >= 0.3 is 0 Å². The lowest BCUT2D eigenvalue weighted by molar-refractivity contribution is 0.669. The third-order valence-corrected chi connectivity index (χ3v) is 7.81. The molecule has 0 saturated carbocycles. The first-order chi connectivity index (χ1) is 19.3. The minimum Gasteiger partial charge on any atom is -0.456 e. The van der Waals surface area contributed by atoms with E-state index in [9.17, 15) is 0 Å². The molecule has 9 aromatic rings. The van der Waals surface area contributed by atoms with Crippen LogP contribution in [-0.2, 0) is 0 Å². The maximum Gasteiger partial charge on any atom is 0.137 e. The Morgan fingerprint density at radius 3 is 2.41 bits per heavy atom. The molecule has 0 radical (unpaired) electrons. The summed E-state index contributed by atoms with van der Waals surface area (Å²) in [6.07, 6.45) is 3.96. The van der Waals surface area contributed by atoms with Gasteiger partial charge in [0.2, 0.25) is 0 Å². The van der Waals surface area contributed by atoms with Crippen molar-refractivity contribution in [2.75, 3.05) is 0 Å². The van der Waals surface area contributed by atoms with Gasteiger partial charge in [-0.25, -0.2) is 9.97 Å². The number of aromatic nitrogens is 4. The first-order valence-corrected chi connectivity index (χ1v) is 13.0. The molecular formula is C34H20N4O. The number of rotatable bonds is 2. The predicted octanol–water partition coefficient (Wildman–Crippen LogP) is 8.55. The van der Waals surface area contributed by atoms with Crippen molar-refractivity contribution in [2.45, 2.75) is 0 Å². The summed E-state index contributed by atoms with van der Waals surface area (Å²) in [4.78, 5) is 9.74. The van der Waals surface area contributed by atoms with Gasteiger partial charge in [-0.05, 0) is 76.5 Å². The Morgan fingerprint density at radius 2 is 1.44 bits per heavy atom. The summed E-state index contributed by atoms with van der Waals surface area (Å²) in [5, 5.41) is 4.64. The van der Waals surface area contributed by atoms with E-state index in [1.54, 1.807) is 0 Å². The van der Waals surface area contributed by atoms with Gasteiger partial charge in [-0.2, -0.15) is 0 Å². The molecule has 0 atom stereocenters. The number of pyridine rings is 1. The summed E-state index contributed by atoms with van der Waals surface area (Å²) < 4.78 is 10.4. The Labute approximate surface area is 222 Å². The average molecular weight is 501 g/mol. The topological polar surface area (TPSA) is 48.3 Å². The smallest absolute Gasteiger partial charge is 0.137 e. The van der Waals surface area contributed by atoms with Gasteiger partial charge in [-0.1, -0.05) is 54.6 Å². The van der Waals surface area contributed by atoms with E-state index >= 15 is 0 Å². The SMILES string of the molecule is c1ccc2c(-c3ccc4oc5ccccc5c4c3)cc(-n3cnc4c5nc6ccccn6c5ccc43)cc2c1. The fourth-order valence-corrected chi connectivity index (χ4v) is 5.98. The van der Waals surface area contributed by atoms with E-state index in [1.165, 1.54) is 16.3 Å². The molecule has 0 fully saturated rings. The molecule has 5 heteroatoms. The van der Waals surface area contributed by atoms with Crippen LogP contribution in [0.15, 0.2) is 126 Å². The molecule has 5 nitrogen and oxygen atoms in total. The van der Waals surface area contributed by atoms with Crippen molar-refractivity contribution >= 4 is 60.4 Å². The van der Waals surface area contributed by atoms with Gasteiger partial charge in [0.15, 0.2) is 0 Å². The first kappa shape index (κ1) is 20.6. The molecule has 0 aliphatic carbocycles. The van der Waals surface area contributed by atoms with Gasteiger partial charge in [0.05, 0.1) is 11.0 Å². The Kier molecular flexibility index (Phi) is 3.99. The number of fused-ring (bicyclic) bond motifs is 9. The van der Waals surface area contributed by atoms with Gasteiger partial charge < -0.3 is 4.42 Å². The highest BCUT2D eigenvalue weighted by atomic mass is 16.3. The third kappa shape index (κ3) is 2.90. The molecule has 0 unspecified atom stereocenters. The molecule has 39 heavy (non-hydrogen) atoms. The molecule has 0 N–H and O–H groups in total. The van der Waals surface area contributed by atoms with Crippen molar-refractivity contribution < 1.29 is 4.42 Å². The first-order valence-electron chi connectivity index (χ1n) is 13.0. The second-order valence-electron chi connectivity index (χ2n) is 9.98. The van der Waals surface area contributed by atoms with E-state index in [-0.39, 0.29) is 0 Å². The van der Waals surface area contributed by atoms with Gasteiger partial charge in [0, 0.05) is 22.7 Å². The highest BCUT2D eigenvalue weighted by Crippen LogP contribution is 2.37. The summed E-state index contributed by atoms with van der Waals surface area (Å²) in [7, 11) is 0. The van der Waals surface area contributed by atoms with E-state index in [1.807, 2.05) is 42.9 Å². The van der Waals surface area contributed by atoms with Crippen molar-refractivity contribution in [1.82, 2.24) is 18.9 Å². The summed E-state index contributed by atoms with van der Waals surface area (Å²) in [6.45, 7) is 0. The van der Waals surface area contributed by atoms with Gasteiger partial charge in [-0.15, -0.1) is 0 Å². The summed E-state index contributed by atoms with van der Waals surface area (Å²) in [6, 6.07) is 38.1. The molecule has 0 bridgehead atoms. The largest absolute Gasteiger partial charge is 0.456 e. The van der Waals surface area contributed by atoms with Crippen molar-refractivity contribution in [1.29, 1.82) is 0 Å². The monoisotopic (exact) mass is 500 g/mol. The van der Waals surface area contributed by atoms with Crippen LogP contribution in [-0.4, -0.2) is 18.9 Å². The summed E-state index contributed by atoms with van der Waals surface area (Å²) >= 11 is 0. The maximum atomic E-state index is 6.10. The van der Waals surface area contributed by atoms with Crippen LogP contribution >= 0.6 is 0 Å². The average Bonchev–Trinajstić information content (AvgIpc) is 3.69. The molecule has 4 aromatic heterocycles. The summed E-state index contributed by atoms with van der Waals surface area (Å²) in [5.41, 5.74) is 10.0. The highest BCUT2D eigenvalue weighted by Gasteiger charge is 2.15. The molecule has 0 aliphatic rings. The molecule has 5 aromatic carbocycles. The Hall–Kier alpha value is -5.42. The lowest BCUT2D eigenvalue weighted by Crippen LogP contribution is -1.94.